The fraction of sp³-hybridized carbons (Fsp3) is 0.588. The number of ether oxygens (including phenoxy) is 1. The lowest BCUT2D eigenvalue weighted by atomic mass is 10.2. The van der Waals surface area contributed by atoms with Gasteiger partial charge in [0.05, 0.1) is 4.90 Å². The van der Waals surface area contributed by atoms with Crippen LogP contribution in [0.4, 0.5) is 0 Å². The summed E-state index contributed by atoms with van der Waals surface area (Å²) in [5.74, 6) is 0.280. The minimum Gasteiger partial charge on any atom is -0.484 e. The first-order valence-corrected chi connectivity index (χ1v) is 9.89. The van der Waals surface area contributed by atoms with E-state index in [1.807, 2.05) is 13.8 Å². The maximum Gasteiger partial charge on any atom is 0.257 e. The van der Waals surface area contributed by atoms with Crippen LogP contribution >= 0.6 is 0 Å². The molecule has 1 amide bonds. The Hall–Kier alpha value is -1.60. The fourth-order valence-corrected chi connectivity index (χ4v) is 3.26. The molecule has 0 saturated carbocycles. The van der Waals surface area contributed by atoms with Crippen LogP contribution in [-0.2, 0) is 14.8 Å². The van der Waals surface area contributed by atoms with Crippen molar-refractivity contribution in [1.82, 2.24) is 10.0 Å². The number of amides is 1. The molecule has 0 radical (unpaired) electrons. The highest BCUT2D eigenvalue weighted by Gasteiger charge is 2.16. The van der Waals surface area contributed by atoms with Crippen molar-refractivity contribution in [3.63, 3.8) is 0 Å². The van der Waals surface area contributed by atoms with E-state index in [2.05, 4.69) is 17.0 Å². The van der Waals surface area contributed by atoms with Crippen molar-refractivity contribution >= 4 is 15.9 Å². The molecule has 0 unspecified atom stereocenters. The Morgan fingerprint density at radius 1 is 1.17 bits per heavy atom. The van der Waals surface area contributed by atoms with E-state index in [-0.39, 0.29) is 23.5 Å². The third-order valence-electron chi connectivity index (χ3n) is 3.58. The molecule has 136 valence electrons. The van der Waals surface area contributed by atoms with Crippen molar-refractivity contribution in [3.05, 3.63) is 24.3 Å². The summed E-state index contributed by atoms with van der Waals surface area (Å²) in [6.07, 6.45) is 3.86. The zero-order valence-corrected chi connectivity index (χ0v) is 15.5. The molecule has 0 fully saturated rings. The standard InChI is InChI=1S/C17H28N2O4S/c1-4-6-7-12-18-17(20)13-23-15-8-10-16(11-9-15)24(21,22)19-14(3)5-2/h8-11,14,19H,4-7,12-13H2,1-3H3,(H,18,20)/t14-/m0/s1. The number of rotatable bonds is 11. The summed E-state index contributed by atoms with van der Waals surface area (Å²) in [6, 6.07) is 5.92. The smallest absolute Gasteiger partial charge is 0.257 e. The molecule has 0 aromatic heterocycles. The molecule has 0 saturated heterocycles. The van der Waals surface area contributed by atoms with Gasteiger partial charge in [-0.15, -0.1) is 0 Å². The first-order valence-electron chi connectivity index (χ1n) is 8.41. The Labute approximate surface area is 145 Å². The van der Waals surface area contributed by atoms with Crippen LogP contribution in [0, 0.1) is 0 Å². The molecule has 6 nitrogen and oxygen atoms in total. The quantitative estimate of drug-likeness (QED) is 0.597. The highest BCUT2D eigenvalue weighted by atomic mass is 32.2. The van der Waals surface area contributed by atoms with E-state index in [1.54, 1.807) is 12.1 Å². The third kappa shape index (κ3) is 7.31. The maximum absolute atomic E-state index is 12.1. The largest absolute Gasteiger partial charge is 0.484 e. The highest BCUT2D eigenvalue weighted by Crippen LogP contribution is 2.16. The normalized spacial score (nSPS) is 12.6. The number of carbonyl (C=O) groups excluding carboxylic acids is 1. The molecule has 1 aromatic carbocycles. The molecule has 0 aliphatic rings. The van der Waals surface area contributed by atoms with Crippen molar-refractivity contribution in [2.45, 2.75) is 57.4 Å². The fourth-order valence-electron chi connectivity index (χ4n) is 1.93. The van der Waals surface area contributed by atoms with Gasteiger partial charge < -0.3 is 10.1 Å². The van der Waals surface area contributed by atoms with Crippen molar-refractivity contribution in [2.24, 2.45) is 0 Å². The highest BCUT2D eigenvalue weighted by molar-refractivity contribution is 7.89. The van der Waals surface area contributed by atoms with Crippen LogP contribution in [0.15, 0.2) is 29.2 Å². The number of carbonyl (C=O) groups is 1. The number of sulfonamides is 1. The summed E-state index contributed by atoms with van der Waals surface area (Å²) < 4.78 is 32.2. The topological polar surface area (TPSA) is 84.5 Å². The molecule has 2 N–H and O–H groups in total. The maximum atomic E-state index is 12.1. The minimum absolute atomic E-state index is 0.0800. The molecule has 7 heteroatoms. The van der Waals surface area contributed by atoms with Crippen LogP contribution in [0.25, 0.3) is 0 Å². The van der Waals surface area contributed by atoms with Crippen molar-refractivity contribution < 1.29 is 17.9 Å². The first kappa shape index (κ1) is 20.4. The third-order valence-corrected chi connectivity index (χ3v) is 5.18. The Bertz CT molecular complexity index is 600. The predicted molar refractivity (Wildman–Crippen MR) is 94.5 cm³/mol. The zero-order chi connectivity index (χ0) is 18.0. The Balaban J connectivity index is 2.49. The molecule has 1 atom stereocenters. The van der Waals surface area contributed by atoms with Crippen molar-refractivity contribution in [1.29, 1.82) is 0 Å². The van der Waals surface area contributed by atoms with Gasteiger partial charge in [0.1, 0.15) is 5.75 Å². The number of unbranched alkanes of at least 4 members (excludes halogenated alkanes) is 2. The minimum atomic E-state index is -3.52. The van der Waals surface area contributed by atoms with Crippen molar-refractivity contribution in [3.8, 4) is 5.75 Å². The van der Waals surface area contributed by atoms with Crippen LogP contribution in [-0.4, -0.2) is 33.5 Å². The Morgan fingerprint density at radius 3 is 2.42 bits per heavy atom. The Morgan fingerprint density at radius 2 is 1.83 bits per heavy atom. The average Bonchev–Trinajstić information content (AvgIpc) is 2.56. The number of nitrogens with one attached hydrogen (secondary N) is 2. The lowest BCUT2D eigenvalue weighted by Crippen LogP contribution is -2.32. The second kappa shape index (κ2) is 10.3. The van der Waals surface area contributed by atoms with Crippen LogP contribution in [0.2, 0.25) is 0 Å². The van der Waals surface area contributed by atoms with Gasteiger partial charge in [-0.2, -0.15) is 0 Å². The second-order valence-electron chi connectivity index (χ2n) is 5.75. The van der Waals surface area contributed by atoms with Crippen LogP contribution in [0.3, 0.4) is 0 Å². The van der Waals surface area contributed by atoms with Gasteiger partial charge in [0.25, 0.3) is 5.91 Å². The van der Waals surface area contributed by atoms with Gasteiger partial charge in [-0.05, 0) is 44.0 Å². The van der Waals surface area contributed by atoms with E-state index in [4.69, 9.17) is 4.74 Å². The van der Waals surface area contributed by atoms with Crippen LogP contribution < -0.4 is 14.8 Å². The number of hydrogen-bond donors (Lipinski definition) is 2. The van der Waals surface area contributed by atoms with E-state index in [9.17, 15) is 13.2 Å². The lowest BCUT2D eigenvalue weighted by molar-refractivity contribution is -0.123. The summed E-state index contributed by atoms with van der Waals surface area (Å²) in [4.78, 5) is 11.8. The van der Waals surface area contributed by atoms with Crippen molar-refractivity contribution in [2.75, 3.05) is 13.2 Å². The average molecular weight is 356 g/mol. The summed E-state index contributed by atoms with van der Waals surface area (Å²) in [6.45, 7) is 6.40. The lowest BCUT2D eigenvalue weighted by Gasteiger charge is -2.12. The van der Waals surface area contributed by atoms with Gasteiger partial charge in [-0.25, -0.2) is 13.1 Å². The molecule has 1 aromatic rings. The Kier molecular flexibility index (Phi) is 8.78. The zero-order valence-electron chi connectivity index (χ0n) is 14.7. The molecule has 0 aliphatic heterocycles. The second-order valence-corrected chi connectivity index (χ2v) is 7.46. The van der Waals surface area contributed by atoms with Gasteiger partial charge in [-0.3, -0.25) is 4.79 Å². The van der Waals surface area contributed by atoms with Gasteiger partial charge >= 0.3 is 0 Å². The van der Waals surface area contributed by atoms with Gasteiger partial charge in [-0.1, -0.05) is 26.7 Å². The summed E-state index contributed by atoms with van der Waals surface area (Å²) in [7, 11) is -3.52. The summed E-state index contributed by atoms with van der Waals surface area (Å²) in [5, 5.41) is 2.78. The van der Waals surface area contributed by atoms with Gasteiger partial charge in [0.2, 0.25) is 10.0 Å². The molecule has 0 bridgehead atoms. The van der Waals surface area contributed by atoms with Crippen LogP contribution in [0.5, 0.6) is 5.75 Å². The van der Waals surface area contributed by atoms with E-state index < -0.39 is 10.0 Å². The molecule has 0 heterocycles. The summed E-state index contributed by atoms with van der Waals surface area (Å²) in [5.41, 5.74) is 0. The van der Waals surface area contributed by atoms with E-state index >= 15 is 0 Å². The van der Waals surface area contributed by atoms with Gasteiger partial charge in [0, 0.05) is 12.6 Å². The monoisotopic (exact) mass is 356 g/mol. The van der Waals surface area contributed by atoms with Crippen LogP contribution in [0.1, 0.15) is 46.5 Å². The molecule has 1 rings (SSSR count). The number of hydrogen-bond acceptors (Lipinski definition) is 4. The van der Waals surface area contributed by atoms with E-state index in [0.717, 1.165) is 19.3 Å². The van der Waals surface area contributed by atoms with E-state index in [1.165, 1.54) is 12.1 Å². The number of benzene rings is 1. The molecular formula is C17H28N2O4S. The van der Waals surface area contributed by atoms with Gasteiger partial charge in [0.15, 0.2) is 6.61 Å². The molecule has 0 aliphatic carbocycles. The molecule has 0 spiro atoms. The first-order chi connectivity index (χ1) is 11.4. The van der Waals surface area contributed by atoms with E-state index in [0.29, 0.717) is 18.7 Å². The summed E-state index contributed by atoms with van der Waals surface area (Å²) >= 11 is 0. The molecular weight excluding hydrogens is 328 g/mol. The SMILES string of the molecule is CCCCCNC(=O)COc1ccc(S(=O)(=O)N[C@@H](C)CC)cc1. The predicted octanol–water partition coefficient (Wildman–Crippen LogP) is 2.45. The molecule has 24 heavy (non-hydrogen) atoms.